The molecule has 0 fully saturated rings. The van der Waals surface area contributed by atoms with Gasteiger partial charge in [0.15, 0.2) is 11.3 Å². The van der Waals surface area contributed by atoms with Gasteiger partial charge in [0, 0.05) is 18.3 Å². The van der Waals surface area contributed by atoms with E-state index in [2.05, 4.69) is 9.97 Å². The van der Waals surface area contributed by atoms with Crippen molar-refractivity contribution >= 4 is 23.1 Å². The third-order valence-electron chi connectivity index (χ3n) is 2.56. The molecule has 3 rings (SSSR count). The Morgan fingerprint density at radius 2 is 2.05 bits per heavy atom. The highest BCUT2D eigenvalue weighted by Gasteiger charge is 2.08. The van der Waals surface area contributed by atoms with Crippen LogP contribution in [0.25, 0.3) is 11.1 Å². The van der Waals surface area contributed by atoms with E-state index in [0.717, 1.165) is 0 Å². The molecular weight excluding hydrogens is 262 g/mol. The fourth-order valence-corrected chi connectivity index (χ4v) is 1.71. The molecule has 0 unspecified atom stereocenters. The fraction of sp³-hybridized carbons (Fsp3) is 0. The van der Waals surface area contributed by atoms with Gasteiger partial charge in [0.25, 0.3) is 6.01 Å². The van der Waals surface area contributed by atoms with Gasteiger partial charge in [-0.1, -0.05) is 0 Å². The second kappa shape index (κ2) is 4.54. The molecule has 0 saturated heterocycles. The Kier molecular flexibility index (Phi) is 2.72. The van der Waals surface area contributed by atoms with Crippen molar-refractivity contribution in [3.05, 3.63) is 42.2 Å². The molecular formula is C13H9N3O4. The number of fused-ring (bicyclic) bond motifs is 1. The number of benzene rings is 1. The average Bonchev–Trinajstić information content (AvgIpc) is 2.78. The standard InChI is InChI=1S/C13H9N3O4/c14-13-16-9-2-1-7(6-11(9)20-13)19-8-3-4-15-10(5-8)12(17)18/h1-6H,(H2,14,16)(H,17,18). The Morgan fingerprint density at radius 3 is 2.85 bits per heavy atom. The number of carbonyl (C=O) groups is 1. The molecule has 100 valence electrons. The summed E-state index contributed by atoms with van der Waals surface area (Å²) in [6, 6.07) is 7.98. The number of hydrogen-bond donors (Lipinski definition) is 2. The van der Waals surface area contributed by atoms with Crippen LogP contribution in [-0.2, 0) is 0 Å². The number of hydrogen-bond acceptors (Lipinski definition) is 6. The van der Waals surface area contributed by atoms with Crippen LogP contribution in [0, 0.1) is 0 Å². The van der Waals surface area contributed by atoms with Crippen LogP contribution in [0.5, 0.6) is 11.5 Å². The first-order chi connectivity index (χ1) is 9.61. The maximum absolute atomic E-state index is 10.8. The van der Waals surface area contributed by atoms with Crippen LogP contribution in [-0.4, -0.2) is 21.0 Å². The largest absolute Gasteiger partial charge is 0.477 e. The Balaban J connectivity index is 1.92. The van der Waals surface area contributed by atoms with E-state index in [1.165, 1.54) is 12.3 Å². The van der Waals surface area contributed by atoms with E-state index < -0.39 is 5.97 Å². The van der Waals surface area contributed by atoms with Gasteiger partial charge in [-0.2, -0.15) is 4.98 Å². The third kappa shape index (κ3) is 2.24. The molecule has 0 bridgehead atoms. The summed E-state index contributed by atoms with van der Waals surface area (Å²) in [7, 11) is 0. The lowest BCUT2D eigenvalue weighted by Gasteiger charge is -2.05. The van der Waals surface area contributed by atoms with Crippen LogP contribution in [0.3, 0.4) is 0 Å². The molecule has 0 aliphatic carbocycles. The van der Waals surface area contributed by atoms with Crippen molar-refractivity contribution in [1.82, 2.24) is 9.97 Å². The number of carboxylic acids is 1. The van der Waals surface area contributed by atoms with Crippen molar-refractivity contribution in [3.63, 3.8) is 0 Å². The molecule has 0 spiro atoms. The van der Waals surface area contributed by atoms with E-state index in [0.29, 0.717) is 22.6 Å². The van der Waals surface area contributed by atoms with Gasteiger partial charge in [0.1, 0.15) is 17.0 Å². The number of pyridine rings is 1. The van der Waals surface area contributed by atoms with Crippen molar-refractivity contribution in [2.45, 2.75) is 0 Å². The first-order valence-corrected chi connectivity index (χ1v) is 5.65. The van der Waals surface area contributed by atoms with Crippen LogP contribution in [0.15, 0.2) is 40.9 Å². The number of rotatable bonds is 3. The van der Waals surface area contributed by atoms with Gasteiger partial charge in [-0.3, -0.25) is 0 Å². The molecule has 7 nitrogen and oxygen atoms in total. The van der Waals surface area contributed by atoms with Gasteiger partial charge in [-0.25, -0.2) is 9.78 Å². The molecule has 3 N–H and O–H groups in total. The highest BCUT2D eigenvalue weighted by molar-refractivity contribution is 5.85. The lowest BCUT2D eigenvalue weighted by atomic mass is 10.3. The SMILES string of the molecule is Nc1nc2ccc(Oc3ccnc(C(=O)O)c3)cc2o1. The molecule has 7 heteroatoms. The molecule has 0 aliphatic rings. The second-order valence-electron chi connectivity index (χ2n) is 3.97. The van der Waals surface area contributed by atoms with E-state index in [1.54, 1.807) is 24.3 Å². The zero-order valence-corrected chi connectivity index (χ0v) is 10.1. The number of nitrogen functional groups attached to an aromatic ring is 1. The number of anilines is 1. The normalized spacial score (nSPS) is 10.6. The number of nitrogens with two attached hydrogens (primary N) is 1. The van der Waals surface area contributed by atoms with Gasteiger partial charge >= 0.3 is 5.97 Å². The predicted octanol–water partition coefficient (Wildman–Crippen LogP) is 2.30. The molecule has 20 heavy (non-hydrogen) atoms. The van der Waals surface area contributed by atoms with Gasteiger partial charge in [-0.05, 0) is 18.2 Å². The molecule has 0 amide bonds. The maximum atomic E-state index is 10.8. The summed E-state index contributed by atoms with van der Waals surface area (Å²) < 4.78 is 10.7. The number of ether oxygens (including phenoxy) is 1. The van der Waals surface area contributed by atoms with Gasteiger partial charge in [0.2, 0.25) is 0 Å². The summed E-state index contributed by atoms with van der Waals surface area (Å²) in [5, 5.41) is 8.86. The average molecular weight is 271 g/mol. The summed E-state index contributed by atoms with van der Waals surface area (Å²) in [5.74, 6) is -0.269. The Hall–Kier alpha value is -3.09. The minimum absolute atomic E-state index is 0.0780. The fourth-order valence-electron chi connectivity index (χ4n) is 1.71. The Labute approximate surface area is 112 Å². The van der Waals surface area contributed by atoms with E-state index in [4.69, 9.17) is 20.0 Å². The minimum Gasteiger partial charge on any atom is -0.477 e. The van der Waals surface area contributed by atoms with E-state index >= 15 is 0 Å². The van der Waals surface area contributed by atoms with Gasteiger partial charge in [-0.15, -0.1) is 0 Å². The van der Waals surface area contributed by atoms with Crippen molar-refractivity contribution in [3.8, 4) is 11.5 Å². The predicted molar refractivity (Wildman–Crippen MR) is 69.7 cm³/mol. The smallest absolute Gasteiger partial charge is 0.354 e. The first kappa shape index (κ1) is 12.0. The lowest BCUT2D eigenvalue weighted by Crippen LogP contribution is -1.99. The minimum atomic E-state index is -1.12. The highest BCUT2D eigenvalue weighted by atomic mass is 16.5. The number of aromatic nitrogens is 2. The molecule has 0 atom stereocenters. The van der Waals surface area contributed by atoms with Crippen LogP contribution in [0.2, 0.25) is 0 Å². The van der Waals surface area contributed by atoms with E-state index in [1.807, 2.05) is 0 Å². The van der Waals surface area contributed by atoms with E-state index in [9.17, 15) is 4.79 Å². The zero-order valence-electron chi connectivity index (χ0n) is 10.1. The van der Waals surface area contributed by atoms with Crippen LogP contribution < -0.4 is 10.5 Å². The van der Waals surface area contributed by atoms with Crippen LogP contribution in [0.4, 0.5) is 6.01 Å². The van der Waals surface area contributed by atoms with Crippen molar-refractivity contribution in [2.75, 3.05) is 5.73 Å². The summed E-state index contributed by atoms with van der Waals surface area (Å²) in [6.45, 7) is 0. The Morgan fingerprint density at radius 1 is 1.25 bits per heavy atom. The molecule has 3 aromatic rings. The molecule has 1 aromatic carbocycles. The number of nitrogens with zero attached hydrogens (tertiary/aromatic N) is 2. The van der Waals surface area contributed by atoms with Crippen LogP contribution in [0.1, 0.15) is 10.5 Å². The molecule has 0 aliphatic heterocycles. The van der Waals surface area contributed by atoms with Gasteiger partial charge in [0.05, 0.1) is 0 Å². The topological polar surface area (TPSA) is 111 Å². The molecule has 0 radical (unpaired) electrons. The van der Waals surface area contributed by atoms with Crippen LogP contribution >= 0.6 is 0 Å². The molecule has 2 heterocycles. The highest BCUT2D eigenvalue weighted by Crippen LogP contribution is 2.26. The molecule has 2 aromatic heterocycles. The van der Waals surface area contributed by atoms with Gasteiger partial charge < -0.3 is 20.0 Å². The van der Waals surface area contributed by atoms with Crippen molar-refractivity contribution < 1.29 is 19.1 Å². The number of aromatic carboxylic acids is 1. The monoisotopic (exact) mass is 271 g/mol. The summed E-state index contributed by atoms with van der Waals surface area (Å²) >= 11 is 0. The summed E-state index contributed by atoms with van der Waals surface area (Å²) in [5.41, 5.74) is 6.48. The quantitative estimate of drug-likeness (QED) is 0.751. The first-order valence-electron chi connectivity index (χ1n) is 5.65. The Bertz CT molecular complexity index is 797. The lowest BCUT2D eigenvalue weighted by molar-refractivity contribution is 0.0690. The molecule has 0 saturated carbocycles. The maximum Gasteiger partial charge on any atom is 0.354 e. The summed E-state index contributed by atoms with van der Waals surface area (Å²) in [6.07, 6.45) is 1.36. The number of carboxylic acid groups (broad SMARTS) is 1. The second-order valence-corrected chi connectivity index (χ2v) is 3.97. The number of oxazole rings is 1. The summed E-state index contributed by atoms with van der Waals surface area (Å²) in [4.78, 5) is 18.5. The van der Waals surface area contributed by atoms with Crippen molar-refractivity contribution in [2.24, 2.45) is 0 Å². The van der Waals surface area contributed by atoms with E-state index in [-0.39, 0.29) is 11.7 Å². The zero-order chi connectivity index (χ0) is 14.1. The van der Waals surface area contributed by atoms with Crippen molar-refractivity contribution in [1.29, 1.82) is 0 Å². The third-order valence-corrected chi connectivity index (χ3v) is 2.56.